The molecular weight excluding hydrogens is 262 g/mol. The van der Waals surface area contributed by atoms with Crippen LogP contribution >= 0.6 is 11.6 Å². The van der Waals surface area contributed by atoms with Gasteiger partial charge in [-0.1, -0.05) is 23.7 Å². The smallest absolute Gasteiger partial charge is 0.0897 e. The van der Waals surface area contributed by atoms with Crippen molar-refractivity contribution in [1.29, 1.82) is 0 Å². The van der Waals surface area contributed by atoms with Gasteiger partial charge < -0.3 is 15.2 Å². The van der Waals surface area contributed by atoms with Gasteiger partial charge in [0, 0.05) is 24.0 Å². The van der Waals surface area contributed by atoms with Gasteiger partial charge in [-0.15, -0.1) is 12.3 Å². The van der Waals surface area contributed by atoms with E-state index in [1.165, 1.54) is 0 Å². The zero-order valence-electron chi connectivity index (χ0n) is 11.1. The highest BCUT2D eigenvalue weighted by atomic mass is 35.5. The van der Waals surface area contributed by atoms with Crippen molar-refractivity contribution in [2.75, 3.05) is 13.2 Å². The summed E-state index contributed by atoms with van der Waals surface area (Å²) >= 11 is 5.79. The highest BCUT2D eigenvalue weighted by Gasteiger charge is 2.06. The van der Waals surface area contributed by atoms with Crippen LogP contribution in [-0.2, 0) is 11.3 Å². The maximum absolute atomic E-state index is 9.73. The Morgan fingerprint density at radius 1 is 1.42 bits per heavy atom. The molecule has 0 aliphatic heterocycles. The minimum atomic E-state index is -0.535. The average Bonchev–Trinajstić information content (AvgIpc) is 2.39. The lowest BCUT2D eigenvalue weighted by Crippen LogP contribution is -2.35. The fraction of sp³-hybridized carbons (Fsp3) is 0.467. The van der Waals surface area contributed by atoms with Crippen LogP contribution in [0.3, 0.4) is 0 Å². The molecule has 4 heteroatoms. The average molecular weight is 282 g/mol. The topological polar surface area (TPSA) is 41.5 Å². The molecule has 1 aromatic rings. The summed E-state index contributed by atoms with van der Waals surface area (Å²) in [5.41, 5.74) is 1.03. The van der Waals surface area contributed by atoms with Crippen LogP contribution in [0.5, 0.6) is 0 Å². The van der Waals surface area contributed by atoms with E-state index in [0.717, 1.165) is 5.56 Å². The molecule has 0 saturated heterocycles. The Morgan fingerprint density at radius 2 is 2.11 bits per heavy atom. The molecule has 0 saturated carbocycles. The third-order valence-corrected chi connectivity index (χ3v) is 2.87. The predicted octanol–water partition coefficient (Wildman–Crippen LogP) is 2.22. The SMILES string of the molecule is C#CCC(C)NCC(O)COCc1ccc(Cl)cc1. The van der Waals surface area contributed by atoms with Crippen LogP contribution in [0.2, 0.25) is 5.02 Å². The maximum atomic E-state index is 9.73. The first-order valence-electron chi connectivity index (χ1n) is 6.29. The summed E-state index contributed by atoms with van der Waals surface area (Å²) in [6.07, 6.45) is 5.32. The molecule has 0 aliphatic rings. The summed E-state index contributed by atoms with van der Waals surface area (Å²) in [6.45, 7) is 3.22. The Morgan fingerprint density at radius 3 is 2.74 bits per heavy atom. The molecule has 0 fully saturated rings. The second kappa shape index (κ2) is 8.95. The quantitative estimate of drug-likeness (QED) is 0.718. The molecule has 0 heterocycles. The van der Waals surface area contributed by atoms with E-state index in [-0.39, 0.29) is 6.04 Å². The Labute approximate surface area is 119 Å². The monoisotopic (exact) mass is 281 g/mol. The molecule has 0 spiro atoms. The summed E-state index contributed by atoms with van der Waals surface area (Å²) < 4.78 is 5.44. The molecule has 0 aliphatic carbocycles. The van der Waals surface area contributed by atoms with Crippen LogP contribution in [0.25, 0.3) is 0 Å². The molecular formula is C15H20ClNO2. The number of benzene rings is 1. The molecule has 0 amide bonds. The fourth-order valence-corrected chi connectivity index (χ4v) is 1.66. The number of ether oxygens (including phenoxy) is 1. The van der Waals surface area contributed by atoms with Gasteiger partial charge in [0.1, 0.15) is 0 Å². The maximum Gasteiger partial charge on any atom is 0.0897 e. The van der Waals surface area contributed by atoms with Gasteiger partial charge in [0.15, 0.2) is 0 Å². The summed E-state index contributed by atoms with van der Waals surface area (Å²) in [5, 5.41) is 13.6. The zero-order chi connectivity index (χ0) is 14.1. The van der Waals surface area contributed by atoms with Crippen molar-refractivity contribution < 1.29 is 9.84 Å². The van der Waals surface area contributed by atoms with Gasteiger partial charge >= 0.3 is 0 Å². The predicted molar refractivity (Wildman–Crippen MR) is 78.0 cm³/mol. The largest absolute Gasteiger partial charge is 0.389 e. The fourth-order valence-electron chi connectivity index (χ4n) is 1.54. The first-order valence-corrected chi connectivity index (χ1v) is 6.66. The van der Waals surface area contributed by atoms with E-state index in [1.807, 2.05) is 31.2 Å². The molecule has 2 N–H and O–H groups in total. The van der Waals surface area contributed by atoms with Crippen molar-refractivity contribution in [3.05, 3.63) is 34.9 Å². The van der Waals surface area contributed by atoms with E-state index in [9.17, 15) is 5.11 Å². The van der Waals surface area contributed by atoms with Crippen LogP contribution in [0.15, 0.2) is 24.3 Å². The van der Waals surface area contributed by atoms with Gasteiger partial charge in [-0.25, -0.2) is 0 Å². The summed E-state index contributed by atoms with van der Waals surface area (Å²) in [6, 6.07) is 7.65. The third kappa shape index (κ3) is 7.19. The lowest BCUT2D eigenvalue weighted by molar-refractivity contribution is 0.0279. The number of aliphatic hydroxyl groups excluding tert-OH is 1. The molecule has 0 bridgehead atoms. The number of rotatable bonds is 8. The van der Waals surface area contributed by atoms with Crippen molar-refractivity contribution in [1.82, 2.24) is 5.32 Å². The van der Waals surface area contributed by atoms with Crippen molar-refractivity contribution >= 4 is 11.6 Å². The minimum absolute atomic E-state index is 0.205. The second-order valence-electron chi connectivity index (χ2n) is 4.51. The molecule has 1 rings (SSSR count). The van der Waals surface area contributed by atoms with Crippen LogP contribution < -0.4 is 5.32 Å². The molecule has 2 unspecified atom stereocenters. The highest BCUT2D eigenvalue weighted by molar-refractivity contribution is 6.30. The van der Waals surface area contributed by atoms with E-state index in [4.69, 9.17) is 22.8 Å². The number of aliphatic hydroxyl groups is 1. The molecule has 2 atom stereocenters. The minimum Gasteiger partial charge on any atom is -0.389 e. The standard InChI is InChI=1S/C15H20ClNO2/c1-3-4-12(2)17-9-15(18)11-19-10-13-5-7-14(16)8-6-13/h1,5-8,12,15,17-18H,4,9-11H2,2H3. The van der Waals surface area contributed by atoms with E-state index in [1.54, 1.807) is 0 Å². The number of nitrogens with one attached hydrogen (secondary N) is 1. The molecule has 19 heavy (non-hydrogen) atoms. The lowest BCUT2D eigenvalue weighted by Gasteiger charge is -2.15. The van der Waals surface area contributed by atoms with E-state index in [2.05, 4.69) is 11.2 Å². The second-order valence-corrected chi connectivity index (χ2v) is 4.95. The van der Waals surface area contributed by atoms with E-state index >= 15 is 0 Å². The normalized spacial score (nSPS) is 13.8. The molecule has 3 nitrogen and oxygen atoms in total. The first-order chi connectivity index (χ1) is 9.11. The van der Waals surface area contributed by atoms with Crippen LogP contribution in [-0.4, -0.2) is 30.4 Å². The number of hydrogen-bond acceptors (Lipinski definition) is 3. The van der Waals surface area contributed by atoms with Crippen molar-refractivity contribution in [2.24, 2.45) is 0 Å². The van der Waals surface area contributed by atoms with Gasteiger partial charge in [0.2, 0.25) is 0 Å². The third-order valence-electron chi connectivity index (χ3n) is 2.62. The number of hydrogen-bond donors (Lipinski definition) is 2. The highest BCUT2D eigenvalue weighted by Crippen LogP contribution is 2.10. The van der Waals surface area contributed by atoms with Gasteiger partial charge in [-0.2, -0.15) is 0 Å². The Bertz CT molecular complexity index is 400. The Kier molecular flexibility index (Phi) is 7.54. The van der Waals surface area contributed by atoms with Crippen molar-refractivity contribution in [3.63, 3.8) is 0 Å². The first kappa shape index (κ1) is 16.0. The van der Waals surface area contributed by atoms with Crippen LogP contribution in [0, 0.1) is 12.3 Å². The summed E-state index contributed by atoms with van der Waals surface area (Å²) in [7, 11) is 0. The van der Waals surface area contributed by atoms with Gasteiger partial charge in [-0.05, 0) is 24.6 Å². The lowest BCUT2D eigenvalue weighted by atomic mass is 10.2. The Hall–Kier alpha value is -1.05. The molecule has 0 aromatic heterocycles. The van der Waals surface area contributed by atoms with Gasteiger partial charge in [0.25, 0.3) is 0 Å². The van der Waals surface area contributed by atoms with Gasteiger partial charge in [-0.3, -0.25) is 0 Å². The van der Waals surface area contributed by atoms with Gasteiger partial charge in [0.05, 0.1) is 19.3 Å². The number of halogens is 1. The van der Waals surface area contributed by atoms with Crippen LogP contribution in [0.4, 0.5) is 0 Å². The van der Waals surface area contributed by atoms with Crippen molar-refractivity contribution in [2.45, 2.75) is 32.1 Å². The summed E-state index contributed by atoms with van der Waals surface area (Å²) in [4.78, 5) is 0. The van der Waals surface area contributed by atoms with E-state index in [0.29, 0.717) is 31.2 Å². The molecule has 1 aromatic carbocycles. The molecule has 0 radical (unpaired) electrons. The van der Waals surface area contributed by atoms with E-state index < -0.39 is 6.10 Å². The molecule has 104 valence electrons. The summed E-state index contributed by atoms with van der Waals surface area (Å²) in [5.74, 6) is 2.57. The Balaban J connectivity index is 2.15. The zero-order valence-corrected chi connectivity index (χ0v) is 11.9. The number of terminal acetylenes is 1. The van der Waals surface area contributed by atoms with Crippen LogP contribution in [0.1, 0.15) is 18.9 Å². The van der Waals surface area contributed by atoms with Crippen molar-refractivity contribution in [3.8, 4) is 12.3 Å².